The number of nitrogens with zero attached hydrogens (tertiary/aromatic N) is 3. The van der Waals surface area contributed by atoms with Crippen molar-refractivity contribution in [2.24, 2.45) is 0 Å². The van der Waals surface area contributed by atoms with Gasteiger partial charge in [0, 0.05) is 42.9 Å². The Kier molecular flexibility index (Phi) is 12.8. The van der Waals surface area contributed by atoms with E-state index in [1.54, 1.807) is 41.3 Å². The number of likely N-dealkylation sites (tertiary alicyclic amines) is 1. The number of nitrogens with one attached hydrogen (secondary N) is 1. The SMILES string of the molecule is Cc1c(COc2cc(OCc3cccc(C#N)c3)c(CNC(CO)(CO)CO)cc2Cl)cccc1-c1cccc(-c2cc(C(=O)N3CCC(O)CC3)no2)c1. The van der Waals surface area contributed by atoms with Crippen LogP contribution in [0.5, 0.6) is 11.5 Å². The maximum absolute atomic E-state index is 13.0. The molecule has 1 aromatic heterocycles. The molecule has 55 heavy (non-hydrogen) atoms. The summed E-state index contributed by atoms with van der Waals surface area (Å²) in [5, 5.41) is 56.0. The number of amides is 1. The molecule has 0 bridgehead atoms. The summed E-state index contributed by atoms with van der Waals surface area (Å²) in [7, 11) is 0. The molecule has 4 aromatic carbocycles. The number of benzene rings is 4. The number of piperidine rings is 1. The van der Waals surface area contributed by atoms with Gasteiger partial charge in [-0.05, 0) is 71.8 Å². The molecule has 2 heterocycles. The lowest BCUT2D eigenvalue weighted by Gasteiger charge is -2.29. The highest BCUT2D eigenvalue weighted by molar-refractivity contribution is 6.32. The zero-order chi connectivity index (χ0) is 39.0. The second-order valence-corrected chi connectivity index (χ2v) is 14.1. The quantitative estimate of drug-likeness (QED) is 0.0920. The van der Waals surface area contributed by atoms with E-state index in [4.69, 9.17) is 25.6 Å². The Labute approximate surface area is 324 Å². The second kappa shape index (κ2) is 17.9. The maximum Gasteiger partial charge on any atom is 0.276 e. The molecular formula is C42H43ClN4O8. The molecule has 0 saturated carbocycles. The molecule has 1 amide bonds. The lowest BCUT2D eigenvalue weighted by molar-refractivity contribution is 0.0411. The molecule has 13 heteroatoms. The van der Waals surface area contributed by atoms with E-state index in [1.165, 1.54) is 0 Å². The molecule has 286 valence electrons. The van der Waals surface area contributed by atoms with Gasteiger partial charge in [-0.3, -0.25) is 4.79 Å². The van der Waals surface area contributed by atoms with Crippen LogP contribution in [0.1, 0.15) is 51.1 Å². The third kappa shape index (κ3) is 9.35. The maximum atomic E-state index is 13.0. The van der Waals surface area contributed by atoms with Crippen LogP contribution in [-0.4, -0.2) is 80.9 Å². The van der Waals surface area contributed by atoms with E-state index >= 15 is 0 Å². The first-order valence-electron chi connectivity index (χ1n) is 17.9. The standard InChI is InChI=1S/C42H43ClN4O8/c1-27-32(9-4-10-35(27)30-7-3-8-31(16-30)39-18-37(46-55-39)41(52)47-13-11-34(51)12-14-47)23-54-40-19-38(53-22-29-6-2-5-28(15-29)20-44)33(17-36(40)43)21-45-42(24-48,25-49)26-50/h2-10,15-19,34,45,48-51H,11-14,21-26H2,1H3. The fourth-order valence-electron chi connectivity index (χ4n) is 6.34. The first-order valence-corrected chi connectivity index (χ1v) is 18.3. The summed E-state index contributed by atoms with van der Waals surface area (Å²) in [5.74, 6) is 1.04. The van der Waals surface area contributed by atoms with E-state index in [1.807, 2.05) is 55.5 Å². The van der Waals surface area contributed by atoms with E-state index in [0.29, 0.717) is 59.3 Å². The molecule has 1 fully saturated rings. The van der Waals surface area contributed by atoms with Gasteiger partial charge in [-0.1, -0.05) is 65.3 Å². The topological polar surface area (TPSA) is 182 Å². The van der Waals surface area contributed by atoms with Crippen LogP contribution < -0.4 is 14.8 Å². The molecule has 0 aliphatic carbocycles. The summed E-state index contributed by atoms with van der Waals surface area (Å²) in [5.41, 5.74) is 5.35. The number of hydrogen-bond donors (Lipinski definition) is 5. The van der Waals surface area contributed by atoms with Gasteiger partial charge in [0.1, 0.15) is 24.7 Å². The number of carbonyl (C=O) groups is 1. The summed E-state index contributed by atoms with van der Waals surface area (Å²) in [6.45, 7) is 1.90. The molecule has 5 N–H and O–H groups in total. The first kappa shape index (κ1) is 39.4. The van der Waals surface area contributed by atoms with Crippen LogP contribution in [0.15, 0.2) is 89.5 Å². The number of hydrogen-bond acceptors (Lipinski definition) is 11. The number of aliphatic hydroxyl groups excluding tert-OH is 4. The Morgan fingerprint density at radius 1 is 0.927 bits per heavy atom. The van der Waals surface area contributed by atoms with Crippen LogP contribution in [0.2, 0.25) is 5.02 Å². The number of halogens is 1. The summed E-state index contributed by atoms with van der Waals surface area (Å²) in [6.07, 6.45) is 0.699. The molecule has 12 nitrogen and oxygen atoms in total. The van der Waals surface area contributed by atoms with Gasteiger partial charge in [0.2, 0.25) is 0 Å². The third-order valence-electron chi connectivity index (χ3n) is 9.90. The molecule has 6 rings (SSSR count). The van der Waals surface area contributed by atoms with Gasteiger partial charge in [-0.2, -0.15) is 5.26 Å². The van der Waals surface area contributed by atoms with Gasteiger partial charge >= 0.3 is 0 Å². The van der Waals surface area contributed by atoms with Crippen LogP contribution >= 0.6 is 11.6 Å². The minimum atomic E-state index is -1.32. The van der Waals surface area contributed by atoms with Crippen molar-refractivity contribution in [1.82, 2.24) is 15.4 Å². The Morgan fingerprint density at radius 3 is 2.38 bits per heavy atom. The van der Waals surface area contributed by atoms with Crippen molar-refractivity contribution >= 4 is 17.5 Å². The number of carbonyl (C=O) groups excluding carboxylic acids is 1. The minimum absolute atomic E-state index is 0.102. The average molecular weight is 767 g/mol. The molecule has 5 aromatic rings. The van der Waals surface area contributed by atoms with Crippen LogP contribution in [-0.2, 0) is 19.8 Å². The van der Waals surface area contributed by atoms with E-state index in [-0.39, 0.29) is 37.5 Å². The number of rotatable bonds is 15. The van der Waals surface area contributed by atoms with E-state index in [0.717, 1.165) is 33.4 Å². The normalized spacial score (nSPS) is 13.4. The number of aliphatic hydroxyl groups is 4. The van der Waals surface area contributed by atoms with Crippen LogP contribution in [0.25, 0.3) is 22.5 Å². The monoisotopic (exact) mass is 766 g/mol. The molecule has 0 radical (unpaired) electrons. The fourth-order valence-corrected chi connectivity index (χ4v) is 6.58. The van der Waals surface area contributed by atoms with E-state index in [9.17, 15) is 30.5 Å². The highest BCUT2D eigenvalue weighted by Crippen LogP contribution is 2.36. The van der Waals surface area contributed by atoms with Gasteiger partial charge in [0.05, 0.1) is 48.1 Å². The lowest BCUT2D eigenvalue weighted by atomic mass is 9.95. The molecule has 1 saturated heterocycles. The Balaban J connectivity index is 1.20. The largest absolute Gasteiger partial charge is 0.488 e. The predicted molar refractivity (Wildman–Crippen MR) is 205 cm³/mol. The summed E-state index contributed by atoms with van der Waals surface area (Å²) < 4.78 is 18.1. The summed E-state index contributed by atoms with van der Waals surface area (Å²) >= 11 is 6.75. The second-order valence-electron chi connectivity index (χ2n) is 13.7. The smallest absolute Gasteiger partial charge is 0.276 e. The Morgan fingerprint density at radius 2 is 1.64 bits per heavy atom. The highest BCUT2D eigenvalue weighted by Gasteiger charge is 2.28. The van der Waals surface area contributed by atoms with Crippen molar-refractivity contribution < 1.29 is 39.2 Å². The van der Waals surface area contributed by atoms with Crippen LogP contribution in [0, 0.1) is 18.3 Å². The lowest BCUT2D eigenvalue weighted by Crippen LogP contribution is -2.54. The van der Waals surface area contributed by atoms with Crippen molar-refractivity contribution in [2.75, 3.05) is 32.9 Å². The molecule has 0 unspecified atom stereocenters. The van der Waals surface area contributed by atoms with Gasteiger partial charge in [0.25, 0.3) is 5.91 Å². The Bertz CT molecular complexity index is 2150. The van der Waals surface area contributed by atoms with Crippen molar-refractivity contribution in [1.29, 1.82) is 5.26 Å². The number of nitriles is 1. The van der Waals surface area contributed by atoms with Crippen LogP contribution in [0.4, 0.5) is 0 Å². The third-order valence-corrected chi connectivity index (χ3v) is 10.2. The molecule has 0 atom stereocenters. The molecule has 1 aliphatic heterocycles. The van der Waals surface area contributed by atoms with Gasteiger partial charge in [-0.25, -0.2) is 0 Å². The number of ether oxygens (including phenoxy) is 2. The molecule has 1 aliphatic rings. The molecular weight excluding hydrogens is 724 g/mol. The molecule has 0 spiro atoms. The fraction of sp³-hybridized carbons (Fsp3) is 0.310. The number of aromatic nitrogens is 1. The van der Waals surface area contributed by atoms with Crippen molar-refractivity contribution in [3.05, 3.63) is 123 Å². The van der Waals surface area contributed by atoms with Crippen molar-refractivity contribution in [2.45, 2.75) is 51.2 Å². The van der Waals surface area contributed by atoms with Gasteiger partial charge in [0.15, 0.2) is 11.5 Å². The van der Waals surface area contributed by atoms with E-state index in [2.05, 4.69) is 16.5 Å². The van der Waals surface area contributed by atoms with E-state index < -0.39 is 25.4 Å². The predicted octanol–water partition coefficient (Wildman–Crippen LogP) is 5.40. The van der Waals surface area contributed by atoms with Crippen molar-refractivity contribution in [3.63, 3.8) is 0 Å². The zero-order valence-electron chi connectivity index (χ0n) is 30.4. The van der Waals surface area contributed by atoms with Gasteiger partial charge in [-0.15, -0.1) is 0 Å². The summed E-state index contributed by atoms with van der Waals surface area (Å²) in [6, 6.07) is 27.9. The average Bonchev–Trinajstić information content (AvgIpc) is 3.72. The zero-order valence-corrected chi connectivity index (χ0v) is 31.1. The minimum Gasteiger partial charge on any atom is -0.488 e. The highest BCUT2D eigenvalue weighted by atomic mass is 35.5. The van der Waals surface area contributed by atoms with Crippen LogP contribution in [0.3, 0.4) is 0 Å². The Hall–Kier alpha value is -5.26. The van der Waals surface area contributed by atoms with Gasteiger partial charge < -0.3 is 44.6 Å². The van der Waals surface area contributed by atoms with Crippen molar-refractivity contribution in [3.8, 4) is 40.0 Å². The first-order chi connectivity index (χ1) is 26.6. The summed E-state index contributed by atoms with van der Waals surface area (Å²) in [4.78, 5) is 14.7.